The van der Waals surface area contributed by atoms with Gasteiger partial charge >= 0.3 is 0 Å². The summed E-state index contributed by atoms with van der Waals surface area (Å²) in [6.07, 6.45) is 1.66. The molecule has 0 aromatic heterocycles. The zero-order valence-corrected chi connectivity index (χ0v) is 9.72. The summed E-state index contributed by atoms with van der Waals surface area (Å²) in [5, 5.41) is 3.20. The van der Waals surface area contributed by atoms with Crippen LogP contribution in [0.3, 0.4) is 0 Å². The van der Waals surface area contributed by atoms with Crippen molar-refractivity contribution < 1.29 is 9.47 Å². The van der Waals surface area contributed by atoms with Crippen molar-refractivity contribution in [2.75, 3.05) is 33.9 Å². The molecular formula is C10H25NO2. The lowest BCUT2D eigenvalue weighted by Gasteiger charge is -2.01. The molecule has 3 heteroatoms. The summed E-state index contributed by atoms with van der Waals surface area (Å²) in [7, 11) is 3.44. The first-order valence-electron chi connectivity index (χ1n) is 5.07. The van der Waals surface area contributed by atoms with Crippen molar-refractivity contribution in [2.24, 2.45) is 0 Å². The van der Waals surface area contributed by atoms with Gasteiger partial charge in [0.05, 0.1) is 6.10 Å². The summed E-state index contributed by atoms with van der Waals surface area (Å²) >= 11 is 0. The van der Waals surface area contributed by atoms with E-state index in [4.69, 9.17) is 4.74 Å². The second-order valence-corrected chi connectivity index (χ2v) is 2.43. The largest absolute Gasteiger partial charge is 0.385 e. The van der Waals surface area contributed by atoms with Gasteiger partial charge in [0.25, 0.3) is 0 Å². The minimum absolute atomic E-state index is 0.486. The van der Waals surface area contributed by atoms with Gasteiger partial charge in [-0.1, -0.05) is 13.8 Å². The van der Waals surface area contributed by atoms with E-state index in [0.29, 0.717) is 6.10 Å². The van der Waals surface area contributed by atoms with E-state index in [2.05, 4.69) is 10.1 Å². The molecule has 0 amide bonds. The van der Waals surface area contributed by atoms with E-state index in [1.165, 1.54) is 6.42 Å². The molecule has 1 atom stereocenters. The van der Waals surface area contributed by atoms with E-state index < -0.39 is 0 Å². The van der Waals surface area contributed by atoms with Gasteiger partial charge in [-0.25, -0.2) is 0 Å². The summed E-state index contributed by atoms with van der Waals surface area (Å²) in [6.45, 7) is 8.94. The highest BCUT2D eigenvalue weighted by atomic mass is 16.5. The highest BCUT2D eigenvalue weighted by Gasteiger charge is 2.11. The average Bonchev–Trinajstić information content (AvgIpc) is 2.74. The third-order valence-corrected chi connectivity index (χ3v) is 1.64. The molecule has 1 fully saturated rings. The van der Waals surface area contributed by atoms with Gasteiger partial charge in [0.15, 0.2) is 0 Å². The van der Waals surface area contributed by atoms with Gasteiger partial charge in [0.2, 0.25) is 0 Å². The van der Waals surface area contributed by atoms with Crippen LogP contribution < -0.4 is 5.32 Å². The molecule has 0 unspecified atom stereocenters. The monoisotopic (exact) mass is 191 g/mol. The lowest BCUT2D eigenvalue weighted by atomic mass is 10.3. The minimum atomic E-state index is 0.486. The van der Waals surface area contributed by atoms with Crippen molar-refractivity contribution in [3.63, 3.8) is 0 Å². The fourth-order valence-corrected chi connectivity index (χ4v) is 0.829. The first-order valence-corrected chi connectivity index (χ1v) is 5.07. The van der Waals surface area contributed by atoms with E-state index in [1.807, 2.05) is 20.8 Å². The molecule has 0 aromatic rings. The number of rotatable bonds is 2. The van der Waals surface area contributed by atoms with E-state index in [-0.39, 0.29) is 0 Å². The molecule has 0 spiro atoms. The Morgan fingerprint density at radius 2 is 1.85 bits per heavy atom. The number of ether oxygens (including phenoxy) is 2. The Balaban J connectivity index is 0. The Labute approximate surface area is 82.8 Å². The standard InChI is InChI=1S/C5H11NO.C3H8O.C2H6/c1-7-5-2-3-6-4-5;1-3-4-2;1-2/h5-6H,2-4H2,1H3;3H2,1-2H3;1-2H3/t5-;;/m0../s1. The zero-order valence-electron chi connectivity index (χ0n) is 9.72. The van der Waals surface area contributed by atoms with Crippen molar-refractivity contribution >= 4 is 0 Å². The highest BCUT2D eigenvalue weighted by molar-refractivity contribution is 4.69. The Bertz CT molecular complexity index is 71.3. The van der Waals surface area contributed by atoms with E-state index in [0.717, 1.165) is 19.7 Å². The Morgan fingerprint density at radius 1 is 1.31 bits per heavy atom. The van der Waals surface area contributed by atoms with Crippen molar-refractivity contribution in [2.45, 2.75) is 33.3 Å². The fraction of sp³-hybridized carbons (Fsp3) is 1.00. The van der Waals surface area contributed by atoms with Crippen LogP contribution in [0.5, 0.6) is 0 Å². The first kappa shape index (κ1) is 15.4. The predicted molar refractivity (Wildman–Crippen MR) is 57.2 cm³/mol. The molecule has 1 aliphatic heterocycles. The summed E-state index contributed by atoms with van der Waals surface area (Å²) in [4.78, 5) is 0. The van der Waals surface area contributed by atoms with Crippen LogP contribution in [0.15, 0.2) is 0 Å². The van der Waals surface area contributed by atoms with Gasteiger partial charge < -0.3 is 14.8 Å². The summed E-state index contributed by atoms with van der Waals surface area (Å²) in [5.74, 6) is 0. The van der Waals surface area contributed by atoms with Crippen LogP contribution in [-0.2, 0) is 9.47 Å². The molecule has 13 heavy (non-hydrogen) atoms. The lowest BCUT2D eigenvalue weighted by Crippen LogP contribution is -2.14. The van der Waals surface area contributed by atoms with Gasteiger partial charge in [-0.3, -0.25) is 0 Å². The van der Waals surface area contributed by atoms with Gasteiger partial charge in [-0.2, -0.15) is 0 Å². The van der Waals surface area contributed by atoms with Crippen LogP contribution in [0.25, 0.3) is 0 Å². The van der Waals surface area contributed by atoms with Crippen molar-refractivity contribution in [1.29, 1.82) is 0 Å². The molecule has 82 valence electrons. The maximum Gasteiger partial charge on any atom is 0.0707 e. The molecular weight excluding hydrogens is 166 g/mol. The third-order valence-electron chi connectivity index (χ3n) is 1.64. The molecule has 1 saturated heterocycles. The number of methoxy groups -OCH3 is 2. The Hall–Kier alpha value is -0.120. The molecule has 1 heterocycles. The van der Waals surface area contributed by atoms with Crippen LogP contribution in [0.2, 0.25) is 0 Å². The van der Waals surface area contributed by atoms with E-state index in [9.17, 15) is 0 Å². The van der Waals surface area contributed by atoms with Crippen LogP contribution in [0.1, 0.15) is 27.2 Å². The van der Waals surface area contributed by atoms with Crippen LogP contribution >= 0.6 is 0 Å². The molecule has 1 aliphatic rings. The average molecular weight is 191 g/mol. The van der Waals surface area contributed by atoms with Crippen LogP contribution in [-0.4, -0.2) is 40.0 Å². The second-order valence-electron chi connectivity index (χ2n) is 2.43. The van der Waals surface area contributed by atoms with Crippen LogP contribution in [0.4, 0.5) is 0 Å². The number of hydrogen-bond donors (Lipinski definition) is 1. The number of hydrogen-bond acceptors (Lipinski definition) is 3. The third kappa shape index (κ3) is 11.9. The molecule has 0 radical (unpaired) electrons. The first-order chi connectivity index (χ1) is 6.35. The topological polar surface area (TPSA) is 30.5 Å². The van der Waals surface area contributed by atoms with Gasteiger partial charge in [-0.15, -0.1) is 0 Å². The minimum Gasteiger partial charge on any atom is -0.385 e. The fourth-order valence-electron chi connectivity index (χ4n) is 0.829. The summed E-state index contributed by atoms with van der Waals surface area (Å²) in [5.41, 5.74) is 0. The van der Waals surface area contributed by atoms with Gasteiger partial charge in [0.1, 0.15) is 0 Å². The summed E-state index contributed by atoms with van der Waals surface area (Å²) in [6, 6.07) is 0. The maximum atomic E-state index is 5.05. The van der Waals surface area contributed by atoms with Gasteiger partial charge in [-0.05, 0) is 19.9 Å². The van der Waals surface area contributed by atoms with Crippen molar-refractivity contribution in [3.05, 3.63) is 0 Å². The predicted octanol–water partition coefficient (Wildman–Crippen LogP) is 1.67. The van der Waals surface area contributed by atoms with E-state index in [1.54, 1.807) is 14.2 Å². The van der Waals surface area contributed by atoms with Crippen molar-refractivity contribution in [3.8, 4) is 0 Å². The molecule has 0 aliphatic carbocycles. The van der Waals surface area contributed by atoms with Gasteiger partial charge in [0, 0.05) is 27.4 Å². The normalized spacial score (nSPS) is 19.6. The van der Waals surface area contributed by atoms with Crippen molar-refractivity contribution in [1.82, 2.24) is 5.32 Å². The molecule has 1 N–H and O–H groups in total. The molecule has 3 nitrogen and oxygen atoms in total. The second kappa shape index (κ2) is 14.4. The number of nitrogens with one attached hydrogen (secondary N) is 1. The Morgan fingerprint density at radius 3 is 2.00 bits per heavy atom. The smallest absolute Gasteiger partial charge is 0.0707 e. The summed E-state index contributed by atoms with van der Waals surface area (Å²) < 4.78 is 9.59. The Kier molecular flexibility index (Phi) is 17.0. The molecule has 0 saturated carbocycles. The molecule has 1 rings (SSSR count). The van der Waals surface area contributed by atoms with Crippen LogP contribution in [0, 0.1) is 0 Å². The molecule has 0 bridgehead atoms. The van der Waals surface area contributed by atoms with E-state index >= 15 is 0 Å². The highest BCUT2D eigenvalue weighted by Crippen LogP contribution is 1.99. The SMILES string of the molecule is CC.CCOC.CO[C@H]1CCNC1. The zero-order chi connectivity index (χ0) is 10.5. The quantitative estimate of drug-likeness (QED) is 0.720. The molecule has 0 aromatic carbocycles. The maximum absolute atomic E-state index is 5.05. The lowest BCUT2D eigenvalue weighted by molar-refractivity contribution is 0.119.